The number of ether oxygens (including phenoxy) is 1. The molecule has 3 N–H and O–H groups in total. The number of methoxy groups -OCH3 is 1. The number of nitrogens with one attached hydrogen (secondary N) is 1. The quantitative estimate of drug-likeness (QED) is 0.641. The summed E-state index contributed by atoms with van der Waals surface area (Å²) in [5.41, 5.74) is 0.558. The van der Waals surface area contributed by atoms with Crippen LogP contribution in [0.1, 0.15) is 18.1 Å². The van der Waals surface area contributed by atoms with Gasteiger partial charge >= 0.3 is 0 Å². The van der Waals surface area contributed by atoms with Crippen LogP contribution in [0, 0.1) is 0 Å². The molecule has 16 heavy (non-hydrogen) atoms. The second-order valence-electron chi connectivity index (χ2n) is 3.56. The summed E-state index contributed by atoms with van der Waals surface area (Å²) in [6.07, 6.45) is 1.82. The Morgan fingerprint density at radius 3 is 2.81 bits per heavy atom. The zero-order valence-electron chi connectivity index (χ0n) is 9.55. The van der Waals surface area contributed by atoms with Crippen molar-refractivity contribution < 1.29 is 14.9 Å². The molecular formula is C11H18N2O3. The fourth-order valence-corrected chi connectivity index (χ4v) is 1.38. The summed E-state index contributed by atoms with van der Waals surface area (Å²) in [5.74, 6) is 0.567. The van der Waals surface area contributed by atoms with E-state index in [0.717, 1.165) is 0 Å². The Balaban J connectivity index is 2.67. The van der Waals surface area contributed by atoms with Crippen LogP contribution in [0.25, 0.3) is 0 Å². The molecule has 0 aliphatic heterocycles. The van der Waals surface area contributed by atoms with Crippen LogP contribution in [0.2, 0.25) is 0 Å². The van der Waals surface area contributed by atoms with Gasteiger partial charge in [0.1, 0.15) is 11.9 Å². The molecule has 1 aromatic heterocycles. The first-order chi connectivity index (χ1) is 7.69. The van der Waals surface area contributed by atoms with Crippen LogP contribution in [0.15, 0.2) is 18.5 Å². The van der Waals surface area contributed by atoms with E-state index in [4.69, 9.17) is 4.74 Å². The molecule has 2 unspecified atom stereocenters. The summed E-state index contributed by atoms with van der Waals surface area (Å²) in [4.78, 5) is 3.93. The molecule has 0 aromatic carbocycles. The third-order valence-corrected chi connectivity index (χ3v) is 2.37. The number of aromatic nitrogens is 1. The summed E-state index contributed by atoms with van der Waals surface area (Å²) < 4.78 is 5.00. The van der Waals surface area contributed by atoms with Gasteiger partial charge < -0.3 is 20.3 Å². The van der Waals surface area contributed by atoms with E-state index in [-0.39, 0.29) is 0 Å². The smallest absolute Gasteiger partial charge is 0.137 e. The molecule has 0 bridgehead atoms. The number of rotatable bonds is 6. The number of aliphatic hydroxyl groups excluding tert-OH is 2. The zero-order valence-corrected chi connectivity index (χ0v) is 9.55. The van der Waals surface area contributed by atoms with Gasteiger partial charge in [-0.25, -0.2) is 0 Å². The lowest BCUT2D eigenvalue weighted by Crippen LogP contribution is -2.23. The first-order valence-corrected chi connectivity index (χ1v) is 5.18. The van der Waals surface area contributed by atoms with Crippen molar-refractivity contribution in [3.8, 4) is 5.75 Å². The van der Waals surface area contributed by atoms with Crippen molar-refractivity contribution in [2.45, 2.75) is 18.6 Å². The molecule has 0 saturated heterocycles. The van der Waals surface area contributed by atoms with E-state index in [9.17, 15) is 10.2 Å². The van der Waals surface area contributed by atoms with Crippen LogP contribution in [-0.2, 0) is 0 Å². The third-order valence-electron chi connectivity index (χ3n) is 2.37. The fourth-order valence-electron chi connectivity index (χ4n) is 1.38. The van der Waals surface area contributed by atoms with Gasteiger partial charge in [0.2, 0.25) is 0 Å². The average molecular weight is 226 g/mol. The van der Waals surface area contributed by atoms with Crippen LogP contribution >= 0.6 is 0 Å². The maximum atomic E-state index is 9.86. The molecule has 0 fully saturated rings. The van der Waals surface area contributed by atoms with E-state index in [1.54, 1.807) is 19.3 Å². The molecule has 1 aromatic rings. The van der Waals surface area contributed by atoms with E-state index in [1.807, 2.05) is 0 Å². The molecule has 0 amide bonds. The highest BCUT2D eigenvalue weighted by Gasteiger charge is 2.18. The molecule has 5 heteroatoms. The number of nitrogens with zero attached hydrogens (tertiary/aromatic N) is 1. The highest BCUT2D eigenvalue weighted by Crippen LogP contribution is 2.21. The van der Waals surface area contributed by atoms with Crippen LogP contribution in [-0.4, -0.2) is 42.0 Å². The van der Waals surface area contributed by atoms with Gasteiger partial charge in [-0.05, 0) is 26.1 Å². The van der Waals surface area contributed by atoms with E-state index in [1.165, 1.54) is 13.3 Å². The third kappa shape index (κ3) is 3.44. The summed E-state index contributed by atoms with van der Waals surface area (Å²) >= 11 is 0. The molecule has 90 valence electrons. The van der Waals surface area contributed by atoms with E-state index >= 15 is 0 Å². The van der Waals surface area contributed by atoms with E-state index in [2.05, 4.69) is 10.3 Å². The lowest BCUT2D eigenvalue weighted by molar-refractivity contribution is 0.0137. The van der Waals surface area contributed by atoms with Crippen molar-refractivity contribution in [2.24, 2.45) is 0 Å². The molecule has 0 radical (unpaired) electrons. The number of hydrogen-bond donors (Lipinski definition) is 3. The Hall–Kier alpha value is -1.17. The summed E-state index contributed by atoms with van der Waals surface area (Å²) in [6, 6.07) is 1.67. The maximum Gasteiger partial charge on any atom is 0.137 e. The van der Waals surface area contributed by atoms with Crippen LogP contribution in [0.3, 0.4) is 0 Å². The SMILES string of the molecule is CNCCC(O)C(O)c1cncc(OC)c1. The van der Waals surface area contributed by atoms with Gasteiger partial charge in [0.15, 0.2) is 0 Å². The molecule has 1 heterocycles. The molecular weight excluding hydrogens is 208 g/mol. The largest absolute Gasteiger partial charge is 0.495 e. The van der Waals surface area contributed by atoms with Crippen molar-refractivity contribution in [3.05, 3.63) is 24.0 Å². The zero-order chi connectivity index (χ0) is 12.0. The maximum absolute atomic E-state index is 9.86. The van der Waals surface area contributed by atoms with Crippen LogP contribution < -0.4 is 10.1 Å². The predicted octanol–water partition coefficient (Wildman–Crippen LogP) is 0.0940. The predicted molar refractivity (Wildman–Crippen MR) is 60.3 cm³/mol. The Labute approximate surface area is 95.1 Å². The standard InChI is InChI=1S/C11H18N2O3/c1-12-4-3-10(14)11(15)8-5-9(16-2)7-13-6-8/h5-7,10-12,14-15H,3-4H2,1-2H3. The van der Waals surface area contributed by atoms with Crippen molar-refractivity contribution in [1.82, 2.24) is 10.3 Å². The number of aliphatic hydroxyl groups is 2. The minimum Gasteiger partial charge on any atom is -0.495 e. The number of pyridine rings is 1. The Kier molecular flexibility index (Phi) is 5.18. The normalized spacial score (nSPS) is 14.5. The van der Waals surface area contributed by atoms with Crippen LogP contribution in [0.5, 0.6) is 5.75 Å². The summed E-state index contributed by atoms with van der Waals surface area (Å²) in [6.45, 7) is 0.648. The van der Waals surface area contributed by atoms with Gasteiger partial charge in [-0.3, -0.25) is 4.98 Å². The van der Waals surface area contributed by atoms with E-state index < -0.39 is 12.2 Å². The second kappa shape index (κ2) is 6.42. The average Bonchev–Trinajstić information content (AvgIpc) is 2.35. The first kappa shape index (κ1) is 12.9. The second-order valence-corrected chi connectivity index (χ2v) is 3.56. The molecule has 0 aliphatic rings. The highest BCUT2D eigenvalue weighted by molar-refractivity contribution is 5.25. The van der Waals surface area contributed by atoms with Gasteiger partial charge in [-0.15, -0.1) is 0 Å². The highest BCUT2D eigenvalue weighted by atomic mass is 16.5. The van der Waals surface area contributed by atoms with Crippen molar-refractivity contribution in [1.29, 1.82) is 0 Å². The minimum absolute atomic E-state index is 0.481. The lowest BCUT2D eigenvalue weighted by atomic mass is 10.0. The lowest BCUT2D eigenvalue weighted by Gasteiger charge is -2.18. The van der Waals surface area contributed by atoms with Crippen molar-refractivity contribution >= 4 is 0 Å². The van der Waals surface area contributed by atoms with Crippen LogP contribution in [0.4, 0.5) is 0 Å². The molecule has 2 atom stereocenters. The molecule has 1 rings (SSSR count). The summed E-state index contributed by atoms with van der Waals surface area (Å²) in [5, 5.41) is 22.5. The molecule has 0 saturated carbocycles. The van der Waals surface area contributed by atoms with Gasteiger partial charge in [0.25, 0.3) is 0 Å². The van der Waals surface area contributed by atoms with Gasteiger partial charge in [0, 0.05) is 11.8 Å². The van der Waals surface area contributed by atoms with Gasteiger partial charge in [-0.2, -0.15) is 0 Å². The Bertz CT molecular complexity index is 320. The van der Waals surface area contributed by atoms with Gasteiger partial charge in [-0.1, -0.05) is 0 Å². The van der Waals surface area contributed by atoms with Crippen molar-refractivity contribution in [2.75, 3.05) is 20.7 Å². The van der Waals surface area contributed by atoms with Gasteiger partial charge in [0.05, 0.1) is 19.4 Å². The Morgan fingerprint density at radius 1 is 1.44 bits per heavy atom. The Morgan fingerprint density at radius 2 is 2.19 bits per heavy atom. The minimum atomic E-state index is -0.934. The van der Waals surface area contributed by atoms with E-state index in [0.29, 0.717) is 24.3 Å². The van der Waals surface area contributed by atoms with Crippen molar-refractivity contribution in [3.63, 3.8) is 0 Å². The summed E-state index contributed by atoms with van der Waals surface area (Å²) in [7, 11) is 3.33. The topological polar surface area (TPSA) is 74.6 Å². The number of hydrogen-bond acceptors (Lipinski definition) is 5. The monoisotopic (exact) mass is 226 g/mol. The molecule has 5 nitrogen and oxygen atoms in total. The fraction of sp³-hybridized carbons (Fsp3) is 0.545. The molecule has 0 spiro atoms. The first-order valence-electron chi connectivity index (χ1n) is 5.18. The molecule has 0 aliphatic carbocycles.